The first-order chi connectivity index (χ1) is 11.1. The van der Waals surface area contributed by atoms with Crippen molar-refractivity contribution in [2.75, 3.05) is 26.3 Å². The van der Waals surface area contributed by atoms with Crippen molar-refractivity contribution < 1.29 is 14.3 Å². The van der Waals surface area contributed by atoms with Crippen LogP contribution >= 0.6 is 11.8 Å². The lowest BCUT2D eigenvalue weighted by atomic mass is 10.1. The predicted molar refractivity (Wildman–Crippen MR) is 91.2 cm³/mol. The molecule has 0 N–H and O–H groups in total. The van der Waals surface area contributed by atoms with E-state index < -0.39 is 0 Å². The highest BCUT2D eigenvalue weighted by molar-refractivity contribution is 8.00. The Balaban J connectivity index is 1.54. The zero-order valence-corrected chi connectivity index (χ0v) is 14.5. The SMILES string of the molecule is CC1=C(C(=O)N2CCC(Sc3ccc(C)cc3)CC2)OCCO1. The maximum absolute atomic E-state index is 12.5. The maximum atomic E-state index is 12.5. The number of rotatable bonds is 3. The molecule has 23 heavy (non-hydrogen) atoms. The van der Waals surface area contributed by atoms with Gasteiger partial charge >= 0.3 is 0 Å². The number of thioether (sulfide) groups is 1. The summed E-state index contributed by atoms with van der Waals surface area (Å²) in [6.45, 7) is 6.44. The molecule has 1 saturated heterocycles. The number of nitrogens with zero attached hydrogens (tertiary/aromatic N) is 1. The number of piperidine rings is 1. The van der Waals surface area contributed by atoms with Crippen LogP contribution in [0.3, 0.4) is 0 Å². The second-order valence-corrected chi connectivity index (χ2v) is 7.38. The van der Waals surface area contributed by atoms with E-state index in [9.17, 15) is 4.79 Å². The Morgan fingerprint density at radius 1 is 1.09 bits per heavy atom. The number of aryl methyl sites for hydroxylation is 1. The van der Waals surface area contributed by atoms with Crippen LogP contribution in [0.4, 0.5) is 0 Å². The van der Waals surface area contributed by atoms with E-state index in [1.54, 1.807) is 6.92 Å². The average molecular weight is 333 g/mol. The van der Waals surface area contributed by atoms with Crippen molar-refractivity contribution >= 4 is 17.7 Å². The Bertz CT molecular complexity index is 589. The molecule has 2 aliphatic rings. The molecule has 0 aliphatic carbocycles. The third kappa shape index (κ3) is 4.02. The molecule has 0 atom stereocenters. The normalized spacial score (nSPS) is 19.3. The predicted octanol–water partition coefficient (Wildman–Crippen LogP) is 3.36. The fourth-order valence-corrected chi connectivity index (χ4v) is 3.97. The molecule has 1 aromatic carbocycles. The van der Waals surface area contributed by atoms with Crippen molar-refractivity contribution in [2.45, 2.75) is 36.8 Å². The Hall–Kier alpha value is -1.62. The number of carbonyl (C=O) groups is 1. The first-order valence-corrected chi connectivity index (χ1v) is 9.00. The van der Waals surface area contributed by atoms with E-state index in [-0.39, 0.29) is 5.91 Å². The van der Waals surface area contributed by atoms with Crippen molar-refractivity contribution in [1.29, 1.82) is 0 Å². The minimum atomic E-state index is -0.0269. The number of ether oxygens (including phenoxy) is 2. The molecule has 5 heteroatoms. The molecule has 4 nitrogen and oxygen atoms in total. The number of likely N-dealkylation sites (tertiary alicyclic amines) is 1. The van der Waals surface area contributed by atoms with Gasteiger partial charge in [0, 0.05) is 23.2 Å². The minimum Gasteiger partial charge on any atom is -0.491 e. The topological polar surface area (TPSA) is 38.8 Å². The molecule has 2 aliphatic heterocycles. The summed E-state index contributed by atoms with van der Waals surface area (Å²) >= 11 is 1.92. The van der Waals surface area contributed by atoms with Crippen molar-refractivity contribution in [3.05, 3.63) is 41.3 Å². The van der Waals surface area contributed by atoms with E-state index in [1.807, 2.05) is 16.7 Å². The molecule has 1 amide bonds. The lowest BCUT2D eigenvalue weighted by Crippen LogP contribution is -2.41. The highest BCUT2D eigenvalue weighted by Crippen LogP contribution is 2.31. The summed E-state index contributed by atoms with van der Waals surface area (Å²) in [6.07, 6.45) is 2.02. The van der Waals surface area contributed by atoms with Gasteiger partial charge in [0.05, 0.1) is 0 Å². The van der Waals surface area contributed by atoms with Gasteiger partial charge in [-0.15, -0.1) is 11.8 Å². The standard InChI is InChI=1S/C18H23NO3S/c1-13-3-5-15(6-4-13)23-16-7-9-19(10-8-16)18(20)17-14(2)21-11-12-22-17/h3-6,16H,7-12H2,1-2H3. The largest absolute Gasteiger partial charge is 0.491 e. The van der Waals surface area contributed by atoms with Crippen molar-refractivity contribution in [3.63, 3.8) is 0 Å². The molecule has 0 bridgehead atoms. The molecular formula is C18H23NO3S. The van der Waals surface area contributed by atoms with Gasteiger partial charge in [-0.3, -0.25) is 4.79 Å². The monoisotopic (exact) mass is 333 g/mol. The van der Waals surface area contributed by atoms with Gasteiger partial charge in [0.25, 0.3) is 5.91 Å². The Labute approximate surface area is 141 Å². The summed E-state index contributed by atoms with van der Waals surface area (Å²) in [5.41, 5.74) is 1.29. The molecule has 2 heterocycles. The van der Waals surface area contributed by atoms with Gasteiger partial charge in [0.1, 0.15) is 19.0 Å². The van der Waals surface area contributed by atoms with Crippen molar-refractivity contribution in [1.82, 2.24) is 4.90 Å². The molecule has 1 fully saturated rings. The van der Waals surface area contributed by atoms with E-state index in [4.69, 9.17) is 9.47 Å². The third-order valence-corrected chi connectivity index (χ3v) is 5.56. The zero-order valence-electron chi connectivity index (χ0n) is 13.7. The molecule has 0 saturated carbocycles. The fourth-order valence-electron chi connectivity index (χ4n) is 2.85. The van der Waals surface area contributed by atoms with Gasteiger partial charge in [-0.1, -0.05) is 17.7 Å². The first kappa shape index (κ1) is 16.2. The fraction of sp³-hybridized carbons (Fsp3) is 0.500. The first-order valence-electron chi connectivity index (χ1n) is 8.12. The third-order valence-electron chi connectivity index (χ3n) is 4.22. The van der Waals surface area contributed by atoms with Gasteiger partial charge < -0.3 is 14.4 Å². The lowest BCUT2D eigenvalue weighted by Gasteiger charge is -2.33. The quantitative estimate of drug-likeness (QED) is 0.850. The molecule has 3 rings (SSSR count). The number of benzene rings is 1. The van der Waals surface area contributed by atoms with Crippen molar-refractivity contribution in [2.24, 2.45) is 0 Å². The molecule has 1 aromatic rings. The van der Waals surface area contributed by atoms with Crippen LogP contribution in [-0.2, 0) is 14.3 Å². The number of hydrogen-bond acceptors (Lipinski definition) is 4. The van der Waals surface area contributed by atoms with Crippen LogP contribution in [0.1, 0.15) is 25.3 Å². The van der Waals surface area contributed by atoms with Gasteiger partial charge in [-0.25, -0.2) is 0 Å². The van der Waals surface area contributed by atoms with Crippen LogP contribution in [0, 0.1) is 6.92 Å². The Morgan fingerprint density at radius 2 is 1.74 bits per heavy atom. The van der Waals surface area contributed by atoms with Gasteiger partial charge in [-0.2, -0.15) is 0 Å². The average Bonchev–Trinajstić information content (AvgIpc) is 2.57. The zero-order chi connectivity index (χ0) is 16.2. The lowest BCUT2D eigenvalue weighted by molar-refractivity contribution is -0.133. The van der Waals surface area contributed by atoms with Crippen LogP contribution in [0.15, 0.2) is 40.7 Å². The van der Waals surface area contributed by atoms with E-state index >= 15 is 0 Å². The maximum Gasteiger partial charge on any atom is 0.292 e. The summed E-state index contributed by atoms with van der Waals surface area (Å²) in [4.78, 5) is 15.7. The highest BCUT2D eigenvalue weighted by Gasteiger charge is 2.29. The number of carbonyl (C=O) groups excluding carboxylic acids is 1. The second-order valence-electron chi connectivity index (χ2n) is 6.00. The summed E-state index contributed by atoms with van der Waals surface area (Å²) in [6, 6.07) is 8.66. The number of hydrogen-bond donors (Lipinski definition) is 0. The molecule has 0 spiro atoms. The van der Waals surface area contributed by atoms with E-state index in [0.717, 1.165) is 25.9 Å². The summed E-state index contributed by atoms with van der Waals surface area (Å²) in [7, 11) is 0. The van der Waals surface area contributed by atoms with Crippen LogP contribution in [0.5, 0.6) is 0 Å². The molecule has 124 valence electrons. The molecule has 0 radical (unpaired) electrons. The van der Waals surface area contributed by atoms with Crippen molar-refractivity contribution in [3.8, 4) is 0 Å². The van der Waals surface area contributed by atoms with Gasteiger partial charge in [0.2, 0.25) is 5.76 Å². The summed E-state index contributed by atoms with van der Waals surface area (Å²) < 4.78 is 10.9. The van der Waals surface area contributed by atoms with Gasteiger partial charge in [-0.05, 0) is 38.8 Å². The Morgan fingerprint density at radius 3 is 2.39 bits per heavy atom. The smallest absolute Gasteiger partial charge is 0.292 e. The molecule has 0 aromatic heterocycles. The van der Waals surface area contributed by atoms with Gasteiger partial charge in [0.15, 0.2) is 0 Å². The Kier molecular flexibility index (Phi) is 5.16. The van der Waals surface area contributed by atoms with Crippen LogP contribution < -0.4 is 0 Å². The minimum absolute atomic E-state index is 0.0269. The second kappa shape index (κ2) is 7.30. The van der Waals surface area contributed by atoms with Crippen LogP contribution in [0.25, 0.3) is 0 Å². The summed E-state index contributed by atoms with van der Waals surface area (Å²) in [5.74, 6) is 0.972. The highest BCUT2D eigenvalue weighted by atomic mass is 32.2. The van der Waals surface area contributed by atoms with E-state index in [0.29, 0.717) is 30.0 Å². The number of amides is 1. The number of allylic oxidation sites excluding steroid dienone is 1. The summed E-state index contributed by atoms with van der Waals surface area (Å²) in [5, 5.41) is 0.570. The van der Waals surface area contributed by atoms with E-state index in [2.05, 4.69) is 31.2 Å². The molecule has 0 unspecified atom stereocenters. The molecular weight excluding hydrogens is 310 g/mol. The van der Waals surface area contributed by atoms with Crippen LogP contribution in [-0.4, -0.2) is 42.4 Å². The van der Waals surface area contributed by atoms with Crippen LogP contribution in [0.2, 0.25) is 0 Å². The van der Waals surface area contributed by atoms with E-state index in [1.165, 1.54) is 10.5 Å².